The third kappa shape index (κ3) is 9.92. The Balaban J connectivity index is 1.48. The minimum atomic E-state index is -3.88. The van der Waals surface area contributed by atoms with Gasteiger partial charge in [-0.3, -0.25) is 0 Å². The molecule has 1 heterocycles. The fourth-order valence-corrected chi connectivity index (χ4v) is 12.9. The van der Waals surface area contributed by atoms with Crippen molar-refractivity contribution < 1.29 is 27.8 Å². The normalized spacial score (nSPS) is 16.5. The van der Waals surface area contributed by atoms with E-state index in [0.717, 1.165) is 36.0 Å². The second kappa shape index (κ2) is 18.2. The second-order valence-corrected chi connectivity index (χ2v) is 18.4. The Hall–Kier alpha value is -5.47. The number of rotatable bonds is 15. The van der Waals surface area contributed by atoms with E-state index in [9.17, 15) is 0 Å². The lowest BCUT2D eigenvalue weighted by atomic mass is 10.2. The van der Waals surface area contributed by atoms with Crippen molar-refractivity contribution in [1.82, 2.24) is 9.21 Å². The minimum Gasteiger partial charge on any atom is -0.440 e. The first-order valence-corrected chi connectivity index (χ1v) is 22.4. The molecule has 6 aromatic rings. The molecule has 0 radical (unpaired) electrons. The molecule has 294 valence electrons. The van der Waals surface area contributed by atoms with Gasteiger partial charge in [0, 0.05) is 26.3 Å². The van der Waals surface area contributed by atoms with E-state index in [4.69, 9.17) is 49.5 Å². The summed E-state index contributed by atoms with van der Waals surface area (Å²) >= 11 is 0. The van der Waals surface area contributed by atoms with E-state index in [1.807, 2.05) is 72.8 Å². The largest absolute Gasteiger partial charge is 0.447 e. The van der Waals surface area contributed by atoms with Crippen LogP contribution >= 0.6 is 24.6 Å². The molecule has 15 heteroatoms. The monoisotopic (exact) mass is 822 g/mol. The molecule has 0 amide bonds. The highest BCUT2D eigenvalue weighted by Crippen LogP contribution is 2.77. The highest BCUT2D eigenvalue weighted by molar-refractivity contribution is 7.78. The first kappa shape index (κ1) is 39.8. The van der Waals surface area contributed by atoms with Gasteiger partial charge in [0.1, 0.15) is 34.5 Å². The highest BCUT2D eigenvalue weighted by Gasteiger charge is 2.58. The summed E-state index contributed by atoms with van der Waals surface area (Å²) in [5.74, 6) is 2.90. The Morgan fingerprint density at radius 1 is 0.456 bits per heavy atom. The number of nitrogens with two attached hydrogens (primary N) is 3. The van der Waals surface area contributed by atoms with Crippen molar-refractivity contribution >= 4 is 41.6 Å². The van der Waals surface area contributed by atoms with E-state index < -0.39 is 24.6 Å². The molecule has 1 aliphatic heterocycles. The molecular formula is C42H45N6O6P3. The Morgan fingerprint density at radius 3 is 1.23 bits per heavy atom. The van der Waals surface area contributed by atoms with Crippen molar-refractivity contribution in [3.05, 3.63) is 162 Å². The SMILES string of the molecule is CCc1ccc(ON2P(Oc3ccc(N)cc3)N(Oc3ccc(N)cc3)P(Oc3ccc(N)cc3)N=P2(Oc2ccc(CC)cc2)Oc2ccc(CC)cc2)cc1. The summed E-state index contributed by atoms with van der Waals surface area (Å²) in [5.41, 5.74) is 23.4. The topological polar surface area (TPSA) is 152 Å². The molecule has 7 rings (SSSR count). The molecule has 6 N–H and O–H groups in total. The maximum Gasteiger partial charge on any atom is 0.447 e. The molecule has 2 unspecified atom stereocenters. The van der Waals surface area contributed by atoms with Crippen LogP contribution in [-0.4, -0.2) is 9.21 Å². The summed E-state index contributed by atoms with van der Waals surface area (Å²) in [4.78, 5) is 13.6. The molecule has 12 nitrogen and oxygen atoms in total. The lowest BCUT2D eigenvalue weighted by molar-refractivity contribution is 0.0545. The zero-order valence-electron chi connectivity index (χ0n) is 31.8. The number of nitrogens with zero attached hydrogens (tertiary/aromatic N) is 3. The maximum absolute atomic E-state index is 7.08. The second-order valence-electron chi connectivity index (χ2n) is 12.8. The Labute approximate surface area is 336 Å². The number of hydrogen-bond acceptors (Lipinski definition) is 12. The number of hydrogen-bond donors (Lipinski definition) is 3. The number of nitrogen functional groups attached to an aromatic ring is 3. The van der Waals surface area contributed by atoms with Crippen LogP contribution in [0.15, 0.2) is 150 Å². The molecule has 0 spiro atoms. The van der Waals surface area contributed by atoms with Crippen LogP contribution < -0.4 is 45.0 Å². The Kier molecular flexibility index (Phi) is 12.7. The molecule has 1 aliphatic rings. The standard InChI is InChI=1S/C42H45N6O6P3/c1-4-31-7-19-38(20-8-31)50-48-56(52-40-29-17-36(45)18-30-40)47(49-37-25-13-34(43)14-26-37)55(51-39-27-15-35(44)16-28-39)46-57(48,53-41-21-9-32(5-2)10-22-41)54-42-23-11-33(6-3)12-24-42/h7-30H,4-6,43-45H2,1-3H3. The van der Waals surface area contributed by atoms with E-state index in [-0.39, 0.29) is 0 Å². The van der Waals surface area contributed by atoms with Gasteiger partial charge in [-0.1, -0.05) is 57.2 Å². The molecule has 0 aliphatic carbocycles. The fraction of sp³-hybridized carbons (Fsp3) is 0.143. The van der Waals surface area contributed by atoms with Gasteiger partial charge in [-0.2, -0.15) is 0 Å². The number of aryl methyl sites for hydroxylation is 3. The van der Waals surface area contributed by atoms with Gasteiger partial charge in [-0.25, -0.2) is 0 Å². The van der Waals surface area contributed by atoms with E-state index in [2.05, 4.69) is 20.8 Å². The van der Waals surface area contributed by atoms with Crippen molar-refractivity contribution in [2.45, 2.75) is 40.0 Å². The van der Waals surface area contributed by atoms with E-state index in [1.54, 1.807) is 82.0 Å². The van der Waals surface area contributed by atoms with Gasteiger partial charge in [0.25, 0.3) is 0 Å². The number of anilines is 3. The Morgan fingerprint density at radius 2 is 0.807 bits per heavy atom. The summed E-state index contributed by atoms with van der Waals surface area (Å²) in [7, 11) is -8.32. The average molecular weight is 823 g/mol. The molecule has 57 heavy (non-hydrogen) atoms. The third-order valence-electron chi connectivity index (χ3n) is 8.68. The Bertz CT molecular complexity index is 2210. The van der Waals surface area contributed by atoms with Gasteiger partial charge >= 0.3 is 24.6 Å². The van der Waals surface area contributed by atoms with Crippen LogP contribution in [-0.2, 0) is 19.3 Å². The average Bonchev–Trinajstić information content (AvgIpc) is 3.23. The van der Waals surface area contributed by atoms with E-state index in [1.165, 1.54) is 0 Å². The van der Waals surface area contributed by atoms with Gasteiger partial charge in [-0.05, 0) is 145 Å². The first-order chi connectivity index (χ1) is 27.7. The van der Waals surface area contributed by atoms with Gasteiger partial charge in [-0.15, -0.1) is 4.52 Å². The zero-order valence-corrected chi connectivity index (χ0v) is 34.5. The van der Waals surface area contributed by atoms with Crippen molar-refractivity contribution in [2.75, 3.05) is 17.2 Å². The molecule has 0 bridgehead atoms. The quantitative estimate of drug-likeness (QED) is 0.0670. The van der Waals surface area contributed by atoms with E-state index >= 15 is 0 Å². The van der Waals surface area contributed by atoms with Crippen LogP contribution in [0.2, 0.25) is 0 Å². The maximum atomic E-state index is 7.08. The minimum absolute atomic E-state index is 0.450. The van der Waals surface area contributed by atoms with Gasteiger partial charge in [0.15, 0.2) is 0 Å². The van der Waals surface area contributed by atoms with Gasteiger partial charge < -0.3 is 45.0 Å². The predicted octanol–water partition coefficient (Wildman–Crippen LogP) is 11.7. The van der Waals surface area contributed by atoms with E-state index in [0.29, 0.717) is 51.6 Å². The molecule has 6 aromatic carbocycles. The molecular weight excluding hydrogens is 777 g/mol. The summed E-state index contributed by atoms with van der Waals surface area (Å²) in [6, 6.07) is 44.6. The first-order valence-electron chi connectivity index (χ1n) is 18.5. The highest BCUT2D eigenvalue weighted by atomic mass is 31.3. The van der Waals surface area contributed by atoms with Crippen molar-refractivity contribution in [3.8, 4) is 34.5 Å². The summed E-state index contributed by atoms with van der Waals surface area (Å²) < 4.78 is 36.4. The van der Waals surface area contributed by atoms with Crippen LogP contribution in [0.25, 0.3) is 0 Å². The number of benzene rings is 6. The summed E-state index contributed by atoms with van der Waals surface area (Å²) in [6.45, 7) is 6.30. The predicted molar refractivity (Wildman–Crippen MR) is 231 cm³/mol. The van der Waals surface area contributed by atoms with Crippen LogP contribution in [0, 0.1) is 0 Å². The third-order valence-corrected chi connectivity index (χ3v) is 15.5. The molecule has 0 aromatic heterocycles. The van der Waals surface area contributed by atoms with Crippen LogP contribution in [0.5, 0.6) is 34.5 Å². The molecule has 0 saturated heterocycles. The smallest absolute Gasteiger partial charge is 0.440 e. The lowest BCUT2D eigenvalue weighted by Gasteiger charge is -2.43. The molecule has 0 saturated carbocycles. The van der Waals surface area contributed by atoms with Crippen LogP contribution in [0.4, 0.5) is 17.1 Å². The van der Waals surface area contributed by atoms with Gasteiger partial charge in [0.05, 0.1) is 0 Å². The van der Waals surface area contributed by atoms with Crippen LogP contribution in [0.3, 0.4) is 0 Å². The van der Waals surface area contributed by atoms with Gasteiger partial charge in [0.2, 0.25) is 0 Å². The zero-order chi connectivity index (χ0) is 39.8. The molecule has 0 fully saturated rings. The van der Waals surface area contributed by atoms with Crippen LogP contribution in [0.1, 0.15) is 37.5 Å². The van der Waals surface area contributed by atoms with Crippen molar-refractivity contribution in [2.24, 2.45) is 4.52 Å². The van der Waals surface area contributed by atoms with Crippen molar-refractivity contribution in [3.63, 3.8) is 0 Å². The fourth-order valence-electron chi connectivity index (χ4n) is 5.39. The van der Waals surface area contributed by atoms with Crippen molar-refractivity contribution in [1.29, 1.82) is 0 Å². The lowest BCUT2D eigenvalue weighted by Crippen LogP contribution is -2.37. The molecule has 2 atom stereocenters. The summed E-state index contributed by atoms with van der Waals surface area (Å²) in [6.07, 6.45) is 2.56. The summed E-state index contributed by atoms with van der Waals surface area (Å²) in [5, 5.41) is 0.